The Morgan fingerprint density at radius 2 is 2.11 bits per heavy atom. The van der Waals surface area contributed by atoms with Gasteiger partial charge in [0.15, 0.2) is 0 Å². The highest BCUT2D eigenvalue weighted by atomic mass is 16.6. The molecule has 0 aliphatic heterocycles. The van der Waals surface area contributed by atoms with Crippen molar-refractivity contribution in [1.82, 2.24) is 15.3 Å². The fourth-order valence-corrected chi connectivity index (χ4v) is 1.79. The van der Waals surface area contributed by atoms with Crippen LogP contribution in [0.1, 0.15) is 17.0 Å². The summed E-state index contributed by atoms with van der Waals surface area (Å²) in [6, 6.07) is 6.65. The molecule has 0 spiro atoms. The highest BCUT2D eigenvalue weighted by Crippen LogP contribution is 2.12. The van der Waals surface area contributed by atoms with Crippen LogP contribution in [0.25, 0.3) is 0 Å². The van der Waals surface area contributed by atoms with Crippen LogP contribution in [0.4, 0.5) is 5.69 Å². The number of non-ortho nitro benzene ring substituents is 1. The number of imidazole rings is 1. The molecule has 0 unspecified atom stereocenters. The zero-order chi connectivity index (χ0) is 13.7. The van der Waals surface area contributed by atoms with E-state index >= 15 is 0 Å². The van der Waals surface area contributed by atoms with Crippen LogP contribution in [0, 0.1) is 17.0 Å². The molecule has 0 radical (unpaired) electrons. The number of nitrogens with one attached hydrogen (secondary N) is 2. The van der Waals surface area contributed by atoms with Crippen LogP contribution < -0.4 is 5.32 Å². The number of nitro groups is 1. The fraction of sp³-hybridized carbons (Fsp3) is 0.308. The van der Waals surface area contributed by atoms with E-state index in [1.54, 1.807) is 18.5 Å². The van der Waals surface area contributed by atoms with Crippen molar-refractivity contribution < 1.29 is 4.92 Å². The smallest absolute Gasteiger partial charge is 0.269 e. The van der Waals surface area contributed by atoms with Gasteiger partial charge in [-0.3, -0.25) is 10.1 Å². The van der Waals surface area contributed by atoms with Crippen molar-refractivity contribution in [3.63, 3.8) is 0 Å². The first-order valence-corrected chi connectivity index (χ1v) is 6.09. The third kappa shape index (κ3) is 3.62. The minimum Gasteiger partial charge on any atom is -0.348 e. The number of aromatic nitrogens is 2. The van der Waals surface area contributed by atoms with E-state index in [-0.39, 0.29) is 10.6 Å². The van der Waals surface area contributed by atoms with Crippen LogP contribution in [0.5, 0.6) is 0 Å². The summed E-state index contributed by atoms with van der Waals surface area (Å²) in [7, 11) is 0. The molecular weight excluding hydrogens is 244 g/mol. The van der Waals surface area contributed by atoms with E-state index in [2.05, 4.69) is 15.3 Å². The van der Waals surface area contributed by atoms with Gasteiger partial charge in [-0.05, 0) is 25.5 Å². The maximum absolute atomic E-state index is 10.5. The molecule has 0 saturated heterocycles. The Kier molecular flexibility index (Phi) is 4.25. The molecule has 2 rings (SSSR count). The Morgan fingerprint density at radius 3 is 2.68 bits per heavy atom. The summed E-state index contributed by atoms with van der Waals surface area (Å²) >= 11 is 0. The minimum atomic E-state index is -0.387. The van der Waals surface area contributed by atoms with Gasteiger partial charge in [-0.15, -0.1) is 0 Å². The zero-order valence-corrected chi connectivity index (χ0v) is 10.7. The standard InChI is InChI=1S/C13H16N4O2/c1-10-13(16-9-15-10)8-14-7-6-11-2-4-12(5-3-11)17(18)19/h2-5,9,14H,6-8H2,1H3,(H,15,16). The summed E-state index contributed by atoms with van der Waals surface area (Å²) < 4.78 is 0. The van der Waals surface area contributed by atoms with Gasteiger partial charge >= 0.3 is 0 Å². The second-order valence-electron chi connectivity index (χ2n) is 4.32. The summed E-state index contributed by atoms with van der Waals surface area (Å²) in [5.74, 6) is 0. The fourth-order valence-electron chi connectivity index (χ4n) is 1.79. The maximum Gasteiger partial charge on any atom is 0.269 e. The van der Waals surface area contributed by atoms with E-state index in [1.165, 1.54) is 12.1 Å². The summed E-state index contributed by atoms with van der Waals surface area (Å²) in [6.45, 7) is 3.52. The molecule has 1 heterocycles. The summed E-state index contributed by atoms with van der Waals surface area (Å²) in [6.07, 6.45) is 2.52. The largest absolute Gasteiger partial charge is 0.348 e. The Morgan fingerprint density at radius 1 is 1.37 bits per heavy atom. The number of nitro benzene ring substituents is 1. The van der Waals surface area contributed by atoms with Crippen LogP contribution >= 0.6 is 0 Å². The van der Waals surface area contributed by atoms with Gasteiger partial charge in [0.2, 0.25) is 0 Å². The average molecular weight is 260 g/mol. The maximum atomic E-state index is 10.5. The van der Waals surface area contributed by atoms with Gasteiger partial charge < -0.3 is 10.3 Å². The molecule has 0 saturated carbocycles. The predicted molar refractivity (Wildman–Crippen MR) is 71.8 cm³/mol. The number of rotatable bonds is 6. The molecule has 100 valence electrons. The lowest BCUT2D eigenvalue weighted by Gasteiger charge is -2.04. The van der Waals surface area contributed by atoms with Crippen molar-refractivity contribution in [2.24, 2.45) is 0 Å². The minimum absolute atomic E-state index is 0.129. The number of nitrogens with zero attached hydrogens (tertiary/aromatic N) is 2. The second kappa shape index (κ2) is 6.10. The van der Waals surface area contributed by atoms with Crippen LogP contribution in [-0.2, 0) is 13.0 Å². The van der Waals surface area contributed by atoms with Crippen molar-refractivity contribution in [1.29, 1.82) is 0 Å². The van der Waals surface area contributed by atoms with Crippen molar-refractivity contribution in [3.8, 4) is 0 Å². The molecule has 0 bridgehead atoms. The predicted octanol–water partition coefficient (Wildman–Crippen LogP) is 1.96. The van der Waals surface area contributed by atoms with Gasteiger partial charge in [0, 0.05) is 24.4 Å². The van der Waals surface area contributed by atoms with Gasteiger partial charge in [-0.2, -0.15) is 0 Å². The lowest BCUT2D eigenvalue weighted by atomic mass is 10.1. The van der Waals surface area contributed by atoms with E-state index in [4.69, 9.17) is 0 Å². The van der Waals surface area contributed by atoms with Crippen molar-refractivity contribution in [2.75, 3.05) is 6.54 Å². The molecule has 6 heteroatoms. The monoisotopic (exact) mass is 260 g/mol. The Labute approximate surface area is 111 Å². The zero-order valence-electron chi connectivity index (χ0n) is 10.7. The van der Waals surface area contributed by atoms with E-state index in [0.717, 1.165) is 36.5 Å². The number of hydrogen-bond donors (Lipinski definition) is 2. The normalized spacial score (nSPS) is 10.6. The van der Waals surface area contributed by atoms with E-state index in [1.807, 2.05) is 6.92 Å². The Balaban J connectivity index is 1.76. The lowest BCUT2D eigenvalue weighted by molar-refractivity contribution is -0.384. The number of H-pyrrole nitrogens is 1. The first-order chi connectivity index (χ1) is 9.16. The molecule has 0 fully saturated rings. The third-order valence-electron chi connectivity index (χ3n) is 2.96. The number of benzene rings is 1. The first kappa shape index (κ1) is 13.2. The summed E-state index contributed by atoms with van der Waals surface area (Å²) in [5, 5.41) is 13.8. The average Bonchev–Trinajstić information content (AvgIpc) is 2.81. The highest BCUT2D eigenvalue weighted by Gasteiger charge is 2.04. The molecule has 1 aromatic heterocycles. The third-order valence-corrected chi connectivity index (χ3v) is 2.96. The summed E-state index contributed by atoms with van der Waals surface area (Å²) in [5.41, 5.74) is 3.30. The molecular formula is C13H16N4O2. The van der Waals surface area contributed by atoms with Gasteiger partial charge in [0.25, 0.3) is 5.69 Å². The Hall–Kier alpha value is -2.21. The molecule has 0 amide bonds. The second-order valence-corrected chi connectivity index (χ2v) is 4.32. The molecule has 0 atom stereocenters. The van der Waals surface area contributed by atoms with Gasteiger partial charge in [0.05, 0.1) is 16.9 Å². The van der Waals surface area contributed by atoms with Gasteiger partial charge in [0.1, 0.15) is 0 Å². The van der Waals surface area contributed by atoms with Crippen LogP contribution in [-0.4, -0.2) is 21.4 Å². The van der Waals surface area contributed by atoms with Gasteiger partial charge in [-0.1, -0.05) is 12.1 Å². The number of aryl methyl sites for hydroxylation is 1. The topological polar surface area (TPSA) is 83.8 Å². The highest BCUT2D eigenvalue weighted by molar-refractivity contribution is 5.32. The molecule has 0 aliphatic rings. The van der Waals surface area contributed by atoms with E-state index in [0.29, 0.717) is 0 Å². The van der Waals surface area contributed by atoms with Crippen molar-refractivity contribution in [3.05, 3.63) is 57.7 Å². The molecule has 1 aromatic carbocycles. The number of aromatic amines is 1. The van der Waals surface area contributed by atoms with Crippen molar-refractivity contribution in [2.45, 2.75) is 19.9 Å². The first-order valence-electron chi connectivity index (χ1n) is 6.09. The van der Waals surface area contributed by atoms with Gasteiger partial charge in [-0.25, -0.2) is 4.98 Å². The quantitative estimate of drug-likeness (QED) is 0.472. The van der Waals surface area contributed by atoms with Crippen LogP contribution in [0.15, 0.2) is 30.6 Å². The van der Waals surface area contributed by atoms with E-state index in [9.17, 15) is 10.1 Å². The van der Waals surface area contributed by atoms with Crippen LogP contribution in [0.3, 0.4) is 0 Å². The lowest BCUT2D eigenvalue weighted by Crippen LogP contribution is -2.17. The summed E-state index contributed by atoms with van der Waals surface area (Å²) in [4.78, 5) is 17.4. The number of hydrogen-bond acceptors (Lipinski definition) is 4. The SMILES string of the molecule is Cc1[nH]cnc1CNCCc1ccc([N+](=O)[O-])cc1. The molecule has 6 nitrogen and oxygen atoms in total. The Bertz CT molecular complexity index is 548. The molecule has 19 heavy (non-hydrogen) atoms. The van der Waals surface area contributed by atoms with Crippen molar-refractivity contribution >= 4 is 5.69 Å². The molecule has 2 aromatic rings. The molecule has 2 N–H and O–H groups in total. The molecule has 0 aliphatic carbocycles. The van der Waals surface area contributed by atoms with Crippen LogP contribution in [0.2, 0.25) is 0 Å². The van der Waals surface area contributed by atoms with E-state index < -0.39 is 0 Å².